The van der Waals surface area contributed by atoms with Crippen LogP contribution in [0.5, 0.6) is 0 Å². The molecule has 3 aromatic rings. The number of hydrogen-bond donors (Lipinski definition) is 1. The predicted molar refractivity (Wildman–Crippen MR) is 98.5 cm³/mol. The van der Waals surface area contributed by atoms with E-state index in [4.69, 9.17) is 9.52 Å². The highest BCUT2D eigenvalue weighted by atomic mass is 127. The number of carboxylic acid groups (broad SMARTS) is 1. The number of thioether (sulfide) groups is 1. The van der Waals surface area contributed by atoms with Gasteiger partial charge in [-0.2, -0.15) is 0 Å². The molecular weight excluding hydrogens is 425 g/mol. The normalized spacial score (nSPS) is 10.7. The maximum absolute atomic E-state index is 10.8. The number of rotatable bonds is 5. The fourth-order valence-corrected chi connectivity index (χ4v) is 2.98. The lowest BCUT2D eigenvalue weighted by atomic mass is 10.1. The number of aromatic nitrogens is 1. The van der Waals surface area contributed by atoms with E-state index in [-0.39, 0.29) is 5.75 Å². The topological polar surface area (TPSA) is 63.3 Å². The largest absolute Gasteiger partial charge is 0.481 e. The van der Waals surface area contributed by atoms with Crippen molar-refractivity contribution in [1.29, 1.82) is 0 Å². The van der Waals surface area contributed by atoms with E-state index in [1.54, 1.807) is 0 Å². The minimum atomic E-state index is -0.898. The second kappa shape index (κ2) is 7.18. The first kappa shape index (κ1) is 16.1. The highest BCUT2D eigenvalue weighted by Crippen LogP contribution is 2.35. The first-order valence-electron chi connectivity index (χ1n) is 6.80. The van der Waals surface area contributed by atoms with Crippen molar-refractivity contribution < 1.29 is 14.3 Å². The Kier molecular flexibility index (Phi) is 5.02. The molecule has 0 saturated carbocycles. The number of halogens is 1. The van der Waals surface area contributed by atoms with Gasteiger partial charge in [0, 0.05) is 14.7 Å². The van der Waals surface area contributed by atoms with Crippen LogP contribution in [0.1, 0.15) is 0 Å². The standard InChI is InChI=1S/C17H12INO3S/c18-13-8-6-11(7-9-13)15-16(12-4-2-1-3-5-12)22-17(19-15)23-10-14(20)21/h1-9H,10H2,(H,20,21). The average molecular weight is 437 g/mol. The highest BCUT2D eigenvalue weighted by molar-refractivity contribution is 14.1. The third kappa shape index (κ3) is 3.94. The molecule has 4 nitrogen and oxygen atoms in total. The van der Waals surface area contributed by atoms with E-state index in [9.17, 15) is 4.79 Å². The smallest absolute Gasteiger partial charge is 0.314 e. The van der Waals surface area contributed by atoms with Crippen LogP contribution in [0.2, 0.25) is 0 Å². The molecule has 2 aromatic carbocycles. The Labute approximate surface area is 151 Å². The van der Waals surface area contributed by atoms with Gasteiger partial charge in [-0.1, -0.05) is 54.2 Å². The molecule has 0 saturated heterocycles. The average Bonchev–Trinajstić information content (AvgIpc) is 2.99. The summed E-state index contributed by atoms with van der Waals surface area (Å²) >= 11 is 3.33. The number of benzene rings is 2. The minimum Gasteiger partial charge on any atom is -0.481 e. The number of oxazole rings is 1. The second-order valence-corrected chi connectivity index (χ2v) is 6.89. The van der Waals surface area contributed by atoms with E-state index in [2.05, 4.69) is 27.6 Å². The maximum atomic E-state index is 10.8. The first-order valence-corrected chi connectivity index (χ1v) is 8.86. The van der Waals surface area contributed by atoms with Crippen LogP contribution >= 0.6 is 34.4 Å². The van der Waals surface area contributed by atoms with E-state index in [0.29, 0.717) is 11.0 Å². The summed E-state index contributed by atoms with van der Waals surface area (Å²) in [5.74, 6) is -0.328. The van der Waals surface area contributed by atoms with Crippen LogP contribution in [0.15, 0.2) is 64.2 Å². The third-order valence-corrected chi connectivity index (χ3v) is 4.61. The lowest BCUT2D eigenvalue weighted by Crippen LogP contribution is -1.97. The van der Waals surface area contributed by atoms with Crippen LogP contribution < -0.4 is 0 Å². The van der Waals surface area contributed by atoms with Gasteiger partial charge in [0.15, 0.2) is 5.76 Å². The molecule has 0 radical (unpaired) electrons. The monoisotopic (exact) mass is 437 g/mol. The Morgan fingerprint density at radius 3 is 2.43 bits per heavy atom. The Morgan fingerprint density at radius 1 is 1.09 bits per heavy atom. The molecule has 0 atom stereocenters. The van der Waals surface area contributed by atoms with Crippen molar-refractivity contribution in [2.45, 2.75) is 5.22 Å². The molecule has 1 aromatic heterocycles. The molecule has 0 spiro atoms. The number of nitrogens with zero attached hydrogens (tertiary/aromatic N) is 1. The zero-order valence-corrected chi connectivity index (χ0v) is 14.9. The number of carboxylic acids is 1. The summed E-state index contributed by atoms with van der Waals surface area (Å²) in [6.07, 6.45) is 0. The van der Waals surface area contributed by atoms with Crippen LogP contribution in [0.25, 0.3) is 22.6 Å². The molecule has 6 heteroatoms. The van der Waals surface area contributed by atoms with Crippen LogP contribution in [0, 0.1) is 3.57 Å². The van der Waals surface area contributed by atoms with Crippen molar-refractivity contribution in [2.24, 2.45) is 0 Å². The van der Waals surface area contributed by atoms with Gasteiger partial charge in [-0.05, 0) is 34.7 Å². The first-order chi connectivity index (χ1) is 11.1. The Hall–Kier alpha value is -1.80. The minimum absolute atomic E-state index is 0.0825. The van der Waals surface area contributed by atoms with E-state index in [0.717, 1.165) is 32.2 Å². The molecule has 1 N–H and O–H groups in total. The molecular formula is C17H12INO3S. The predicted octanol–water partition coefficient (Wildman–Crippen LogP) is 4.79. The van der Waals surface area contributed by atoms with Crippen molar-refractivity contribution in [3.63, 3.8) is 0 Å². The summed E-state index contributed by atoms with van der Waals surface area (Å²) in [5.41, 5.74) is 2.58. The fourth-order valence-electron chi connectivity index (χ4n) is 2.07. The molecule has 0 fully saturated rings. The zero-order chi connectivity index (χ0) is 16.2. The lowest BCUT2D eigenvalue weighted by Gasteiger charge is -2.01. The fraction of sp³-hybridized carbons (Fsp3) is 0.0588. The van der Waals surface area contributed by atoms with Crippen molar-refractivity contribution in [1.82, 2.24) is 4.98 Å². The van der Waals surface area contributed by atoms with E-state index in [1.165, 1.54) is 0 Å². The van der Waals surface area contributed by atoms with E-state index < -0.39 is 5.97 Å². The van der Waals surface area contributed by atoms with Crippen molar-refractivity contribution >= 4 is 40.3 Å². The zero-order valence-electron chi connectivity index (χ0n) is 11.9. The van der Waals surface area contributed by atoms with Gasteiger partial charge in [0.05, 0.1) is 0 Å². The molecule has 23 heavy (non-hydrogen) atoms. The molecule has 0 aliphatic heterocycles. The highest BCUT2D eigenvalue weighted by Gasteiger charge is 2.17. The van der Waals surface area contributed by atoms with Crippen LogP contribution in [0.4, 0.5) is 0 Å². The number of aliphatic carboxylic acids is 1. The summed E-state index contributed by atoms with van der Waals surface area (Å²) in [7, 11) is 0. The molecule has 0 unspecified atom stereocenters. The maximum Gasteiger partial charge on any atom is 0.314 e. The van der Waals surface area contributed by atoms with Crippen LogP contribution in [0.3, 0.4) is 0 Å². The summed E-state index contributed by atoms with van der Waals surface area (Å²) in [6, 6.07) is 17.7. The van der Waals surface area contributed by atoms with Gasteiger partial charge in [-0.15, -0.1) is 0 Å². The van der Waals surface area contributed by atoms with Gasteiger partial charge >= 0.3 is 5.97 Å². The molecule has 0 amide bonds. The van der Waals surface area contributed by atoms with Gasteiger partial charge in [0.1, 0.15) is 11.4 Å². The van der Waals surface area contributed by atoms with Gasteiger partial charge in [0.2, 0.25) is 0 Å². The van der Waals surface area contributed by atoms with Crippen molar-refractivity contribution in [2.75, 3.05) is 5.75 Å². The third-order valence-electron chi connectivity index (χ3n) is 3.08. The van der Waals surface area contributed by atoms with E-state index in [1.807, 2.05) is 54.6 Å². The molecule has 0 aliphatic rings. The summed E-state index contributed by atoms with van der Waals surface area (Å²) in [4.78, 5) is 15.2. The molecule has 0 bridgehead atoms. The van der Waals surface area contributed by atoms with Gasteiger partial charge in [0.25, 0.3) is 5.22 Å². The summed E-state index contributed by atoms with van der Waals surface area (Å²) in [5, 5.41) is 9.19. The van der Waals surface area contributed by atoms with Crippen LogP contribution in [-0.4, -0.2) is 21.8 Å². The molecule has 116 valence electrons. The lowest BCUT2D eigenvalue weighted by molar-refractivity contribution is -0.133. The van der Waals surface area contributed by atoms with Gasteiger partial charge < -0.3 is 9.52 Å². The van der Waals surface area contributed by atoms with Crippen molar-refractivity contribution in [3.8, 4) is 22.6 Å². The van der Waals surface area contributed by atoms with Gasteiger partial charge in [-0.25, -0.2) is 4.98 Å². The SMILES string of the molecule is O=C(O)CSc1nc(-c2ccc(I)cc2)c(-c2ccccc2)o1. The van der Waals surface area contributed by atoms with Crippen LogP contribution in [-0.2, 0) is 4.79 Å². The number of carbonyl (C=O) groups is 1. The Bertz CT molecular complexity index is 816. The van der Waals surface area contributed by atoms with Crippen molar-refractivity contribution in [3.05, 3.63) is 58.2 Å². The number of hydrogen-bond acceptors (Lipinski definition) is 4. The summed E-state index contributed by atoms with van der Waals surface area (Å²) < 4.78 is 6.96. The molecule has 1 heterocycles. The molecule has 3 rings (SSSR count). The second-order valence-electron chi connectivity index (χ2n) is 4.71. The Balaban J connectivity index is 2.05. The molecule has 0 aliphatic carbocycles. The van der Waals surface area contributed by atoms with Gasteiger partial charge in [-0.3, -0.25) is 4.79 Å². The summed E-state index contributed by atoms with van der Waals surface area (Å²) in [6.45, 7) is 0. The Morgan fingerprint density at radius 2 is 1.78 bits per heavy atom. The van der Waals surface area contributed by atoms with E-state index >= 15 is 0 Å². The quantitative estimate of drug-likeness (QED) is 0.460.